The van der Waals surface area contributed by atoms with Crippen molar-refractivity contribution in [3.05, 3.63) is 63.6 Å². The van der Waals surface area contributed by atoms with Crippen LogP contribution in [0.15, 0.2) is 53.0 Å². The highest BCUT2D eigenvalue weighted by atomic mass is 79.9. The third kappa shape index (κ3) is 3.70. The smallest absolute Gasteiger partial charge is 0.319 e. The molecule has 0 aliphatic heterocycles. The van der Waals surface area contributed by atoms with Crippen molar-refractivity contribution in [1.82, 2.24) is 5.32 Å². The molecule has 0 heterocycles. The van der Waals surface area contributed by atoms with E-state index in [1.54, 1.807) is 12.1 Å². The molecule has 120 valence electrons. The van der Waals surface area contributed by atoms with Crippen molar-refractivity contribution in [2.24, 2.45) is 0 Å². The molecule has 1 aliphatic carbocycles. The van der Waals surface area contributed by atoms with Gasteiger partial charge in [-0.05, 0) is 55.7 Å². The molecule has 2 aromatic rings. The lowest BCUT2D eigenvalue weighted by Crippen LogP contribution is -2.43. The van der Waals surface area contributed by atoms with Gasteiger partial charge in [0.05, 0.1) is 0 Å². The highest BCUT2D eigenvalue weighted by molar-refractivity contribution is 9.10. The van der Waals surface area contributed by atoms with E-state index in [0.717, 1.165) is 17.3 Å². The Morgan fingerprint density at radius 1 is 1.22 bits per heavy atom. The minimum absolute atomic E-state index is 0.0480. The molecule has 0 aromatic heterocycles. The number of halogens is 2. The lowest BCUT2D eigenvalue weighted by Gasteiger charge is -2.25. The summed E-state index contributed by atoms with van der Waals surface area (Å²) in [6.07, 6.45) is 2.18. The molecule has 3 rings (SSSR count). The van der Waals surface area contributed by atoms with Crippen molar-refractivity contribution >= 4 is 39.2 Å². The first kappa shape index (κ1) is 16.3. The lowest BCUT2D eigenvalue weighted by atomic mass is 9.89. The number of amides is 2. The maximum atomic E-state index is 12.2. The number of rotatable bonds is 4. The van der Waals surface area contributed by atoms with Crippen LogP contribution in [-0.2, 0) is 5.41 Å². The van der Waals surface area contributed by atoms with Crippen molar-refractivity contribution < 1.29 is 4.79 Å². The van der Waals surface area contributed by atoms with Gasteiger partial charge in [0.15, 0.2) is 0 Å². The standard InChI is InChI=1S/C18H18BrClN2O/c1-12(18(9-10-18)13-5-7-14(19)8-6-13)21-17(23)22-16-4-2-3-15(20)11-16/h2-8,11-12H,9-10H2,1H3,(H2,21,22,23). The van der Waals surface area contributed by atoms with Crippen molar-refractivity contribution in [3.63, 3.8) is 0 Å². The molecule has 1 atom stereocenters. The SMILES string of the molecule is CC(NC(=O)Nc1cccc(Cl)c1)C1(c2ccc(Br)cc2)CC1. The molecule has 3 nitrogen and oxygen atoms in total. The molecule has 1 saturated carbocycles. The molecule has 5 heteroatoms. The maximum Gasteiger partial charge on any atom is 0.319 e. The van der Waals surface area contributed by atoms with Crippen LogP contribution in [0.25, 0.3) is 0 Å². The second-order valence-electron chi connectivity index (χ2n) is 5.99. The van der Waals surface area contributed by atoms with Crippen molar-refractivity contribution in [3.8, 4) is 0 Å². The van der Waals surface area contributed by atoms with Gasteiger partial charge in [-0.3, -0.25) is 0 Å². The topological polar surface area (TPSA) is 41.1 Å². The van der Waals surface area contributed by atoms with E-state index in [0.29, 0.717) is 10.7 Å². The summed E-state index contributed by atoms with van der Waals surface area (Å²) in [6, 6.07) is 15.3. The van der Waals surface area contributed by atoms with E-state index in [1.165, 1.54) is 5.56 Å². The first-order valence-corrected chi connectivity index (χ1v) is 8.76. The average Bonchev–Trinajstić information content (AvgIpc) is 3.29. The van der Waals surface area contributed by atoms with Crippen LogP contribution < -0.4 is 10.6 Å². The molecule has 1 unspecified atom stereocenters. The zero-order valence-corrected chi connectivity index (χ0v) is 15.1. The van der Waals surface area contributed by atoms with E-state index in [4.69, 9.17) is 11.6 Å². The van der Waals surface area contributed by atoms with E-state index in [9.17, 15) is 4.79 Å². The van der Waals surface area contributed by atoms with Gasteiger partial charge in [0.1, 0.15) is 0 Å². The number of carbonyl (C=O) groups excluding carboxylic acids is 1. The molecule has 0 bridgehead atoms. The average molecular weight is 394 g/mol. The van der Waals surface area contributed by atoms with Crippen LogP contribution in [-0.4, -0.2) is 12.1 Å². The van der Waals surface area contributed by atoms with Crippen LogP contribution in [0.3, 0.4) is 0 Å². The Kier molecular flexibility index (Phi) is 4.64. The number of carbonyl (C=O) groups is 1. The van der Waals surface area contributed by atoms with Crippen LogP contribution >= 0.6 is 27.5 Å². The normalized spacial score (nSPS) is 16.5. The highest BCUT2D eigenvalue weighted by Crippen LogP contribution is 2.51. The van der Waals surface area contributed by atoms with E-state index < -0.39 is 0 Å². The summed E-state index contributed by atoms with van der Waals surface area (Å²) in [7, 11) is 0. The summed E-state index contributed by atoms with van der Waals surface area (Å²) in [6.45, 7) is 2.06. The largest absolute Gasteiger partial charge is 0.335 e. The number of hydrogen-bond donors (Lipinski definition) is 2. The third-order valence-electron chi connectivity index (χ3n) is 4.47. The molecule has 0 radical (unpaired) electrons. The minimum atomic E-state index is -0.205. The zero-order valence-electron chi connectivity index (χ0n) is 12.8. The minimum Gasteiger partial charge on any atom is -0.335 e. The Morgan fingerprint density at radius 3 is 2.52 bits per heavy atom. The number of hydrogen-bond acceptors (Lipinski definition) is 1. The van der Waals surface area contributed by atoms with E-state index in [1.807, 2.05) is 24.3 Å². The summed E-state index contributed by atoms with van der Waals surface area (Å²) >= 11 is 9.40. The van der Waals surface area contributed by atoms with E-state index in [-0.39, 0.29) is 17.5 Å². The fraction of sp³-hybridized carbons (Fsp3) is 0.278. The molecule has 23 heavy (non-hydrogen) atoms. The van der Waals surface area contributed by atoms with Crippen molar-refractivity contribution in [1.29, 1.82) is 0 Å². The molecular formula is C18H18BrClN2O. The van der Waals surface area contributed by atoms with Gasteiger partial charge < -0.3 is 10.6 Å². The van der Waals surface area contributed by atoms with Crippen LogP contribution in [0.1, 0.15) is 25.3 Å². The van der Waals surface area contributed by atoms with Crippen LogP contribution in [0, 0.1) is 0 Å². The lowest BCUT2D eigenvalue weighted by molar-refractivity contribution is 0.246. The molecule has 0 spiro atoms. The molecule has 2 N–H and O–H groups in total. The maximum absolute atomic E-state index is 12.2. The van der Waals surface area contributed by atoms with Gasteiger partial charge in [0.2, 0.25) is 0 Å². The summed E-state index contributed by atoms with van der Waals surface area (Å²) in [4.78, 5) is 12.2. The van der Waals surface area contributed by atoms with Gasteiger partial charge in [0, 0.05) is 26.6 Å². The van der Waals surface area contributed by atoms with Crippen LogP contribution in [0.4, 0.5) is 10.5 Å². The second kappa shape index (κ2) is 6.54. The molecular weight excluding hydrogens is 376 g/mol. The summed E-state index contributed by atoms with van der Waals surface area (Å²) in [5.41, 5.74) is 2.01. The van der Waals surface area contributed by atoms with Crippen LogP contribution in [0.5, 0.6) is 0 Å². The number of nitrogens with one attached hydrogen (secondary N) is 2. The molecule has 2 amide bonds. The Hall–Kier alpha value is -1.52. The van der Waals surface area contributed by atoms with Gasteiger partial charge in [0.25, 0.3) is 0 Å². The Bertz CT molecular complexity index is 713. The predicted molar refractivity (Wildman–Crippen MR) is 98.1 cm³/mol. The Labute approximate surface area is 149 Å². The summed E-state index contributed by atoms with van der Waals surface area (Å²) < 4.78 is 1.07. The van der Waals surface area contributed by atoms with Crippen LogP contribution in [0.2, 0.25) is 5.02 Å². The van der Waals surface area contributed by atoms with Crippen molar-refractivity contribution in [2.75, 3.05) is 5.32 Å². The van der Waals surface area contributed by atoms with E-state index in [2.05, 4.69) is 45.6 Å². The monoisotopic (exact) mass is 392 g/mol. The fourth-order valence-corrected chi connectivity index (χ4v) is 3.41. The predicted octanol–water partition coefficient (Wildman–Crippen LogP) is 5.34. The molecule has 2 aromatic carbocycles. The van der Waals surface area contributed by atoms with Gasteiger partial charge in [-0.1, -0.05) is 45.7 Å². The number of benzene rings is 2. The third-order valence-corrected chi connectivity index (χ3v) is 5.23. The van der Waals surface area contributed by atoms with E-state index >= 15 is 0 Å². The number of urea groups is 1. The van der Waals surface area contributed by atoms with Gasteiger partial charge in [-0.25, -0.2) is 4.79 Å². The van der Waals surface area contributed by atoms with Gasteiger partial charge in [-0.15, -0.1) is 0 Å². The first-order valence-electron chi connectivity index (χ1n) is 7.59. The zero-order chi connectivity index (χ0) is 16.4. The highest BCUT2D eigenvalue weighted by Gasteiger charge is 2.49. The first-order chi connectivity index (χ1) is 11.0. The molecule has 1 aliphatic rings. The molecule has 1 fully saturated rings. The summed E-state index contributed by atoms with van der Waals surface area (Å²) in [5, 5.41) is 6.49. The Morgan fingerprint density at radius 2 is 1.91 bits per heavy atom. The van der Waals surface area contributed by atoms with Crippen molar-refractivity contribution in [2.45, 2.75) is 31.2 Å². The second-order valence-corrected chi connectivity index (χ2v) is 7.35. The van der Waals surface area contributed by atoms with Gasteiger partial charge in [-0.2, -0.15) is 0 Å². The van der Waals surface area contributed by atoms with Gasteiger partial charge >= 0.3 is 6.03 Å². The fourth-order valence-electron chi connectivity index (χ4n) is 2.96. The number of anilines is 1. The summed E-state index contributed by atoms with van der Waals surface area (Å²) in [5.74, 6) is 0. The molecule has 0 saturated heterocycles. The quantitative estimate of drug-likeness (QED) is 0.723. The Balaban J connectivity index is 1.65.